The molecule has 2 heteroatoms. The summed E-state index contributed by atoms with van der Waals surface area (Å²) in [6.07, 6.45) is 17.6. The zero-order valence-corrected chi connectivity index (χ0v) is 26.7. The first-order chi connectivity index (χ1) is 22.7. The minimum atomic E-state index is 0.906. The highest BCUT2D eigenvalue weighted by atomic mass is 15.1. The van der Waals surface area contributed by atoms with Crippen LogP contribution in [0.2, 0.25) is 0 Å². The van der Waals surface area contributed by atoms with Gasteiger partial charge in [-0.1, -0.05) is 147 Å². The average molecular weight is 595 g/mol. The molecule has 0 aliphatic heterocycles. The molecule has 7 rings (SSSR count). The predicted molar refractivity (Wildman–Crippen MR) is 197 cm³/mol. The van der Waals surface area contributed by atoms with Crippen molar-refractivity contribution in [2.75, 3.05) is 0 Å². The Morgan fingerprint density at radius 1 is 0.739 bits per heavy atom. The van der Waals surface area contributed by atoms with Gasteiger partial charge in [0.25, 0.3) is 0 Å². The van der Waals surface area contributed by atoms with Crippen LogP contribution in [0.5, 0.6) is 0 Å². The van der Waals surface area contributed by atoms with Crippen molar-refractivity contribution in [3.63, 3.8) is 0 Å². The highest BCUT2D eigenvalue weighted by molar-refractivity contribution is 5.99. The summed E-state index contributed by atoms with van der Waals surface area (Å²) >= 11 is 0. The smallest absolute Gasteiger partial charge is 0.145 e. The second kappa shape index (κ2) is 12.9. The summed E-state index contributed by atoms with van der Waals surface area (Å²) in [5, 5.41) is 5.18. The van der Waals surface area contributed by atoms with Crippen molar-refractivity contribution >= 4 is 28.5 Å². The minimum absolute atomic E-state index is 0.906. The molecule has 0 radical (unpaired) electrons. The first kappa shape index (κ1) is 29.3. The SMILES string of the molecule is C/C=c1/c(-c2cccc(-n3c(-c4ccccc4)nc(-c4ccccc4)c3C3=CC=CCC=C3)c2)c2ccccc2c(C)/c1=C/CC. The molecule has 0 amide bonds. The first-order valence-corrected chi connectivity index (χ1v) is 16.3. The Hall–Kier alpha value is -5.47. The molecule has 0 bridgehead atoms. The number of allylic oxidation sites excluding steroid dienone is 6. The molecule has 0 spiro atoms. The molecular formula is C44H38N2. The van der Waals surface area contributed by atoms with Gasteiger partial charge in [-0.15, -0.1) is 0 Å². The Balaban J connectivity index is 1.58. The summed E-state index contributed by atoms with van der Waals surface area (Å²) in [4.78, 5) is 5.42. The van der Waals surface area contributed by atoms with Gasteiger partial charge in [-0.3, -0.25) is 4.57 Å². The monoisotopic (exact) mass is 594 g/mol. The molecule has 0 atom stereocenters. The van der Waals surface area contributed by atoms with Crippen molar-refractivity contribution in [1.29, 1.82) is 0 Å². The van der Waals surface area contributed by atoms with Gasteiger partial charge < -0.3 is 0 Å². The van der Waals surface area contributed by atoms with Crippen molar-refractivity contribution in [3.05, 3.63) is 161 Å². The quantitative estimate of drug-likeness (QED) is 0.188. The third-order valence-corrected chi connectivity index (χ3v) is 8.87. The standard InChI is InChI=1S/C44H38N2/c1-4-19-38-31(3)39-28-16-17-29-40(39)41(37(38)5-2)35-26-18-27-36(30-35)46-43(33-22-10-6-7-11-23-33)42(32-20-12-8-13-21-32)45-44(46)34-24-14-9-15-25-34/h5-6,8-30H,4,7H2,1-3H3/b37-5+,38-19-. The van der Waals surface area contributed by atoms with Crippen molar-refractivity contribution in [3.8, 4) is 39.5 Å². The van der Waals surface area contributed by atoms with Crippen LogP contribution in [0.3, 0.4) is 0 Å². The molecule has 224 valence electrons. The lowest BCUT2D eigenvalue weighted by Crippen LogP contribution is -2.30. The summed E-state index contributed by atoms with van der Waals surface area (Å²) in [6, 6.07) is 39.0. The van der Waals surface area contributed by atoms with E-state index in [1.807, 2.05) is 0 Å². The fraction of sp³-hybridized carbons (Fsp3) is 0.114. The zero-order valence-electron chi connectivity index (χ0n) is 26.7. The zero-order chi connectivity index (χ0) is 31.5. The fourth-order valence-electron chi connectivity index (χ4n) is 6.79. The van der Waals surface area contributed by atoms with E-state index in [0.29, 0.717) is 0 Å². The number of imidazole rings is 1. The number of hydrogen-bond acceptors (Lipinski definition) is 1. The molecule has 2 nitrogen and oxygen atoms in total. The van der Waals surface area contributed by atoms with E-state index in [1.54, 1.807) is 0 Å². The van der Waals surface area contributed by atoms with E-state index < -0.39 is 0 Å². The summed E-state index contributed by atoms with van der Waals surface area (Å²) in [5.41, 5.74) is 10.2. The highest BCUT2D eigenvalue weighted by Crippen LogP contribution is 2.38. The second-order valence-corrected chi connectivity index (χ2v) is 11.7. The van der Waals surface area contributed by atoms with Crippen LogP contribution in [0.4, 0.5) is 0 Å². The lowest BCUT2D eigenvalue weighted by Gasteiger charge is -2.17. The summed E-state index contributed by atoms with van der Waals surface area (Å²) < 4.78 is 2.36. The Kier molecular flexibility index (Phi) is 8.18. The molecule has 1 aliphatic carbocycles. The number of benzene rings is 5. The largest absolute Gasteiger partial charge is 0.292 e. The molecule has 1 heterocycles. The van der Waals surface area contributed by atoms with Crippen LogP contribution < -0.4 is 10.4 Å². The average Bonchev–Trinajstić information content (AvgIpc) is 3.31. The lowest BCUT2D eigenvalue weighted by molar-refractivity contribution is 1.05. The maximum absolute atomic E-state index is 5.42. The maximum atomic E-state index is 5.42. The highest BCUT2D eigenvalue weighted by Gasteiger charge is 2.23. The van der Waals surface area contributed by atoms with Gasteiger partial charge in [-0.2, -0.15) is 0 Å². The van der Waals surface area contributed by atoms with Gasteiger partial charge in [0.15, 0.2) is 0 Å². The van der Waals surface area contributed by atoms with Crippen molar-refractivity contribution in [2.45, 2.75) is 33.6 Å². The third kappa shape index (κ3) is 5.26. The van der Waals surface area contributed by atoms with Gasteiger partial charge in [0.2, 0.25) is 0 Å². The summed E-state index contributed by atoms with van der Waals surface area (Å²) in [7, 11) is 0. The Morgan fingerprint density at radius 3 is 2.17 bits per heavy atom. The number of nitrogens with zero attached hydrogens (tertiary/aromatic N) is 2. The minimum Gasteiger partial charge on any atom is -0.292 e. The molecule has 6 aromatic rings. The molecule has 46 heavy (non-hydrogen) atoms. The second-order valence-electron chi connectivity index (χ2n) is 11.7. The molecule has 1 aliphatic rings. The van der Waals surface area contributed by atoms with Crippen LogP contribution in [0.15, 0.2) is 140 Å². The van der Waals surface area contributed by atoms with E-state index in [9.17, 15) is 0 Å². The third-order valence-electron chi connectivity index (χ3n) is 8.87. The van der Waals surface area contributed by atoms with Gasteiger partial charge in [-0.25, -0.2) is 4.98 Å². The molecule has 1 aromatic heterocycles. The van der Waals surface area contributed by atoms with Gasteiger partial charge in [0.1, 0.15) is 5.82 Å². The van der Waals surface area contributed by atoms with Crippen LogP contribution in [0.25, 0.3) is 68.0 Å². The van der Waals surface area contributed by atoms with E-state index in [-0.39, 0.29) is 0 Å². The van der Waals surface area contributed by atoms with Crippen LogP contribution in [0.1, 0.15) is 37.9 Å². The summed E-state index contributed by atoms with van der Waals surface area (Å²) in [5.74, 6) is 0.921. The van der Waals surface area contributed by atoms with Crippen LogP contribution in [-0.4, -0.2) is 9.55 Å². The van der Waals surface area contributed by atoms with Gasteiger partial charge >= 0.3 is 0 Å². The fourth-order valence-corrected chi connectivity index (χ4v) is 6.79. The van der Waals surface area contributed by atoms with Crippen LogP contribution in [0, 0.1) is 6.92 Å². The van der Waals surface area contributed by atoms with Gasteiger partial charge in [-0.05, 0) is 76.7 Å². The van der Waals surface area contributed by atoms with Crippen molar-refractivity contribution in [2.24, 2.45) is 0 Å². The summed E-state index contributed by atoms with van der Waals surface area (Å²) in [6.45, 7) is 6.64. The number of rotatable bonds is 6. The molecule has 0 saturated heterocycles. The van der Waals surface area contributed by atoms with Gasteiger partial charge in [0, 0.05) is 22.4 Å². The van der Waals surface area contributed by atoms with Crippen LogP contribution in [-0.2, 0) is 0 Å². The van der Waals surface area contributed by atoms with E-state index in [4.69, 9.17) is 4.98 Å². The molecule has 5 aromatic carbocycles. The van der Waals surface area contributed by atoms with E-state index in [2.05, 4.69) is 177 Å². The van der Waals surface area contributed by atoms with E-state index >= 15 is 0 Å². The maximum Gasteiger partial charge on any atom is 0.145 e. The predicted octanol–water partition coefficient (Wildman–Crippen LogP) is 10.2. The van der Waals surface area contributed by atoms with Gasteiger partial charge in [0.05, 0.1) is 11.4 Å². The number of aryl methyl sites for hydroxylation is 1. The molecule has 0 fully saturated rings. The Morgan fingerprint density at radius 2 is 1.43 bits per heavy atom. The normalized spacial score (nSPS) is 13.8. The number of aromatic nitrogens is 2. The topological polar surface area (TPSA) is 17.8 Å². The Labute approximate surface area is 271 Å². The van der Waals surface area contributed by atoms with E-state index in [0.717, 1.165) is 52.4 Å². The van der Waals surface area contributed by atoms with E-state index in [1.165, 1.54) is 37.9 Å². The number of hydrogen-bond donors (Lipinski definition) is 0. The molecular weight excluding hydrogens is 556 g/mol. The Bertz CT molecular complexity index is 2260. The molecule has 0 unspecified atom stereocenters. The van der Waals surface area contributed by atoms with Crippen LogP contribution >= 0.6 is 0 Å². The molecule has 0 saturated carbocycles. The lowest BCUT2D eigenvalue weighted by atomic mass is 9.90. The number of fused-ring (bicyclic) bond motifs is 1. The first-order valence-electron chi connectivity index (χ1n) is 16.3. The van der Waals surface area contributed by atoms with Crippen molar-refractivity contribution < 1.29 is 0 Å². The van der Waals surface area contributed by atoms with Crippen molar-refractivity contribution in [1.82, 2.24) is 9.55 Å². The molecule has 0 N–H and O–H groups in total.